The Morgan fingerprint density at radius 2 is 1.70 bits per heavy atom. The number of carbonyl (C=O) groups excluding carboxylic acids is 4. The second kappa shape index (κ2) is 23.9. The molecule has 3 aromatic rings. The van der Waals surface area contributed by atoms with Gasteiger partial charge in [0.1, 0.15) is 6.29 Å². The number of nitrogens with two attached hydrogens (primary N) is 1. The molecule has 0 spiro atoms. The zero-order chi connectivity index (χ0) is 34.4. The molecule has 46 heavy (non-hydrogen) atoms. The van der Waals surface area contributed by atoms with Gasteiger partial charge in [0.05, 0.1) is 18.4 Å². The number of nitrogen functional groups attached to an aromatic ring is 1. The van der Waals surface area contributed by atoms with Gasteiger partial charge in [0.15, 0.2) is 16.9 Å². The van der Waals surface area contributed by atoms with E-state index in [0.29, 0.717) is 37.1 Å². The maximum atomic E-state index is 12.0. The predicted octanol–water partition coefficient (Wildman–Crippen LogP) is 1.54. The van der Waals surface area contributed by atoms with Crippen molar-refractivity contribution in [3.63, 3.8) is 0 Å². The van der Waals surface area contributed by atoms with Crippen LogP contribution >= 0.6 is 0 Å². The molecule has 0 aliphatic carbocycles. The molecule has 3 rings (SSSR count). The molecule has 1 radical (unpaired) electrons. The molecule has 2 heterocycles. The number of nitrogens with one attached hydrogen (secondary N) is 5. The summed E-state index contributed by atoms with van der Waals surface area (Å²) in [6.07, 6.45) is 3.22. The molecule has 0 aliphatic rings. The number of nitrogens with zero attached hydrogens (tertiary/aromatic N) is 3. The molecule has 2 aromatic heterocycles. The van der Waals surface area contributed by atoms with Crippen molar-refractivity contribution in [3.05, 3.63) is 75.2 Å². The molecule has 245 valence electrons. The van der Waals surface area contributed by atoms with Gasteiger partial charge in [-0.25, -0.2) is 14.8 Å². The fraction of sp³-hybridized carbons (Fsp3) is 0.259. The van der Waals surface area contributed by atoms with Crippen molar-refractivity contribution >= 4 is 59.1 Å². The van der Waals surface area contributed by atoms with Crippen LogP contribution in [-0.4, -0.2) is 80.1 Å². The Kier molecular flexibility index (Phi) is 22.2. The van der Waals surface area contributed by atoms with Crippen LogP contribution in [0.4, 0.5) is 11.6 Å². The van der Waals surface area contributed by atoms with Gasteiger partial charge in [0, 0.05) is 35.7 Å². The van der Waals surface area contributed by atoms with E-state index in [0.717, 1.165) is 11.8 Å². The van der Waals surface area contributed by atoms with Crippen LogP contribution in [0.5, 0.6) is 0 Å². The van der Waals surface area contributed by atoms with Gasteiger partial charge in [0.2, 0.25) is 5.95 Å². The number of aliphatic carboxylic acids is 1. The molecule has 0 atom stereocenters. The van der Waals surface area contributed by atoms with Crippen molar-refractivity contribution in [3.8, 4) is 0 Å². The number of rotatable bonds is 12. The Bertz CT molecular complexity index is 1550. The van der Waals surface area contributed by atoms with Gasteiger partial charge in [-0.3, -0.25) is 24.2 Å². The normalized spacial score (nSPS) is 9.67. The van der Waals surface area contributed by atoms with Crippen molar-refractivity contribution in [1.29, 1.82) is 0 Å². The van der Waals surface area contributed by atoms with E-state index in [1.165, 1.54) is 20.2 Å². The molecule has 0 bridgehead atoms. The summed E-state index contributed by atoms with van der Waals surface area (Å²) < 4.78 is 0. The number of aromatic nitrogens is 4. The second-order valence-electron chi connectivity index (χ2n) is 8.26. The summed E-state index contributed by atoms with van der Waals surface area (Å²) in [5.41, 5.74) is 19.5. The molecule has 0 aliphatic heterocycles. The van der Waals surface area contributed by atoms with Gasteiger partial charge in [-0.15, -0.1) is 0 Å². The molecule has 1 aromatic carbocycles. The van der Waals surface area contributed by atoms with Gasteiger partial charge >= 0.3 is 24.5 Å². The van der Waals surface area contributed by atoms with E-state index in [2.05, 4.69) is 30.6 Å². The van der Waals surface area contributed by atoms with Crippen molar-refractivity contribution in [1.82, 2.24) is 25.3 Å². The Morgan fingerprint density at radius 3 is 2.22 bits per heavy atom. The number of ketones is 1. The van der Waals surface area contributed by atoms with E-state index < -0.39 is 17.4 Å². The second-order valence-corrected chi connectivity index (χ2v) is 8.26. The minimum Gasteiger partial charge on any atom is -0.680 e. The molecule has 2 amide bonds. The number of H-pyrrole nitrogens is 1. The maximum absolute atomic E-state index is 12.0. The summed E-state index contributed by atoms with van der Waals surface area (Å²) in [7, 11) is 1.25. The first-order valence-electron chi connectivity index (χ1n) is 12.8. The quantitative estimate of drug-likeness (QED) is 0.0899. The number of carboxylic acids is 1. The first-order valence-corrected chi connectivity index (χ1v) is 12.8. The first kappa shape index (κ1) is 42.7. The summed E-state index contributed by atoms with van der Waals surface area (Å²) in [5.74, 6) is -2.51. The van der Waals surface area contributed by atoms with Crippen LogP contribution in [-0.2, 0) is 49.1 Å². The van der Waals surface area contributed by atoms with Crippen LogP contribution in [0, 0.1) is 0 Å². The Balaban J connectivity index is 0. The molecule has 0 saturated heterocycles. The minimum atomic E-state index is -1.23. The number of hydrogen-bond donors (Lipinski definition) is 6. The summed E-state index contributed by atoms with van der Waals surface area (Å²) in [4.78, 5) is 88.0. The number of hydrogen-bond acceptors (Lipinski definition) is 12. The van der Waals surface area contributed by atoms with E-state index in [-0.39, 0.29) is 72.2 Å². The number of carboxylic acid groups (broad SMARTS) is 2. The van der Waals surface area contributed by atoms with Gasteiger partial charge < -0.3 is 47.6 Å². The van der Waals surface area contributed by atoms with E-state index >= 15 is 0 Å². The van der Waals surface area contributed by atoms with E-state index in [1.54, 1.807) is 24.3 Å². The molecule has 0 unspecified atom stereocenters. The fourth-order valence-corrected chi connectivity index (χ4v) is 3.08. The summed E-state index contributed by atoms with van der Waals surface area (Å²) in [6, 6.07) is 6.81. The maximum Gasteiger partial charge on any atom is 2.00 e. The van der Waals surface area contributed by atoms with Crippen molar-refractivity contribution in [2.75, 3.05) is 24.6 Å². The predicted molar refractivity (Wildman–Crippen MR) is 163 cm³/mol. The number of carbonyl (C=O) groups is 6. The summed E-state index contributed by atoms with van der Waals surface area (Å²) in [5, 5.41) is 21.1. The van der Waals surface area contributed by atoms with Gasteiger partial charge in [-0.05, 0) is 50.1 Å². The number of fused-ring (bicyclic) bond motifs is 1. The third-order valence-corrected chi connectivity index (χ3v) is 4.93. The largest absolute Gasteiger partial charge is 2.00 e. The number of anilines is 2. The number of allylic oxidation sites excluding steroid dienone is 1. The minimum absolute atomic E-state index is 0. The van der Waals surface area contributed by atoms with Crippen molar-refractivity contribution in [2.24, 2.45) is 0 Å². The third kappa shape index (κ3) is 17.0. The number of benzene rings is 1. The molecule has 0 fully saturated rings. The monoisotopic (exact) mass is 678 g/mol. The number of aldehydes is 1. The Hall–Kier alpha value is -5.46. The summed E-state index contributed by atoms with van der Waals surface area (Å²) in [6.45, 7) is 1.64. The van der Waals surface area contributed by atoms with Crippen LogP contribution in [0.2, 0.25) is 0 Å². The zero-order valence-electron chi connectivity index (χ0n) is 24.8. The molecular weight excluding hydrogens is 645 g/mol. The van der Waals surface area contributed by atoms with Crippen LogP contribution < -0.4 is 21.9 Å². The molecule has 19 heteroatoms. The van der Waals surface area contributed by atoms with E-state index in [9.17, 15) is 28.8 Å². The molecule has 9 N–H and O–H groups in total. The fourth-order valence-electron chi connectivity index (χ4n) is 3.08. The van der Waals surface area contributed by atoms with E-state index in [4.69, 9.17) is 32.2 Å². The molecule has 0 saturated carbocycles. The average molecular weight is 679 g/mol. The van der Waals surface area contributed by atoms with Gasteiger partial charge in [0.25, 0.3) is 17.9 Å². The van der Waals surface area contributed by atoms with Crippen molar-refractivity contribution < 1.29 is 57.5 Å². The SMILES string of the molecule is CC(=O)/C=C(/CC=O)C(=O)O.C[NH-].O=CO.[NH-]C(=O)CCCNC(=O)c1ccc(NCc2cnc3nc(N)[nH]c(=O)c3n2)cc1.[V+2]. The number of amides is 2. The Labute approximate surface area is 274 Å². The molecule has 18 nitrogen and oxygen atoms in total. The topological polar surface area (TPSA) is 312 Å². The summed E-state index contributed by atoms with van der Waals surface area (Å²) >= 11 is 0. The first-order chi connectivity index (χ1) is 21.4. The number of aromatic amines is 1. The van der Waals surface area contributed by atoms with Crippen LogP contribution in [0.3, 0.4) is 0 Å². The average Bonchev–Trinajstić information content (AvgIpc) is 2.99. The standard InChI is InChI=1S/C18H20N8O3.C7H8O4.CH4N.CH2O2.V/c19-13(27)2-1-7-21-16(28)10-3-5-11(6-4-10)22-8-12-9-23-15-14(24-12)17(29)26-18(20)25-15;1-5(9)4-6(2-3-8)7(10)11;1-2;2-1-3;/h3-6,9H,1-2,7-8H2,(H7,19,20,21,22,23,25,26,27,28,29);3-4H,2H2,1H3,(H,10,11);2H,1H3;1H,(H,2,3);/q;;-1;;+2/p-1/b;6-4-;;;. The van der Waals surface area contributed by atoms with Gasteiger partial charge in [-0.1, -0.05) is 0 Å². The van der Waals surface area contributed by atoms with Gasteiger partial charge in [-0.2, -0.15) is 12.0 Å². The van der Waals surface area contributed by atoms with E-state index in [1.807, 2.05) is 0 Å². The van der Waals surface area contributed by atoms with Crippen LogP contribution in [0.15, 0.2) is 46.9 Å². The van der Waals surface area contributed by atoms with Crippen molar-refractivity contribution in [2.45, 2.75) is 32.7 Å². The smallest absolute Gasteiger partial charge is 0.680 e. The van der Waals surface area contributed by atoms with Crippen LogP contribution in [0.25, 0.3) is 22.6 Å². The third-order valence-electron chi connectivity index (χ3n) is 4.93. The molecular formula is C27H33N9O9V. The Morgan fingerprint density at radius 1 is 1.09 bits per heavy atom. The van der Waals surface area contributed by atoms with Crippen LogP contribution in [0.1, 0.15) is 42.2 Å². The zero-order valence-corrected chi connectivity index (χ0v) is 26.2.